The first-order chi connectivity index (χ1) is 17.1. The zero-order chi connectivity index (χ0) is 27.9. The van der Waals surface area contributed by atoms with Crippen LogP contribution in [-0.2, 0) is 42.9 Å². The molecule has 0 aromatic rings. The maximum absolute atomic E-state index is 12.4. The van der Waals surface area contributed by atoms with Gasteiger partial charge in [0, 0.05) is 39.5 Å². The molecule has 3 fully saturated rings. The van der Waals surface area contributed by atoms with Crippen LogP contribution < -0.4 is 0 Å². The Morgan fingerprint density at radius 3 is 2.05 bits per heavy atom. The molecule has 9 atom stereocenters. The molecule has 9 nitrogen and oxygen atoms in total. The van der Waals surface area contributed by atoms with Gasteiger partial charge in [0.15, 0.2) is 5.60 Å². The molecule has 0 spiro atoms. The average Bonchev–Trinajstić information content (AvgIpc) is 3.13. The topological polar surface area (TPSA) is 114 Å². The predicted molar refractivity (Wildman–Crippen MR) is 133 cm³/mol. The minimum Gasteiger partial charge on any atom is -0.458 e. The molecule has 2 saturated heterocycles. The van der Waals surface area contributed by atoms with E-state index in [1.54, 1.807) is 6.92 Å². The van der Waals surface area contributed by atoms with Gasteiger partial charge in [0.05, 0.1) is 6.10 Å². The number of esters is 4. The highest BCUT2D eigenvalue weighted by Gasteiger charge is 2.67. The van der Waals surface area contributed by atoms with Gasteiger partial charge in [-0.3, -0.25) is 19.2 Å². The maximum Gasteiger partial charge on any atom is 0.303 e. The Balaban J connectivity index is 2.20. The van der Waals surface area contributed by atoms with Gasteiger partial charge in [0.25, 0.3) is 0 Å². The molecule has 1 saturated carbocycles. The van der Waals surface area contributed by atoms with E-state index in [9.17, 15) is 19.2 Å². The van der Waals surface area contributed by atoms with E-state index < -0.39 is 65.4 Å². The minimum atomic E-state index is -1.19. The van der Waals surface area contributed by atoms with Crippen molar-refractivity contribution in [3.63, 3.8) is 0 Å². The molecule has 37 heavy (non-hydrogen) atoms. The second-order valence-electron chi connectivity index (χ2n) is 11.6. The van der Waals surface area contributed by atoms with Crippen LogP contribution in [0.2, 0.25) is 0 Å². The highest BCUT2D eigenvalue weighted by atomic mass is 16.6. The number of ether oxygens (including phenoxy) is 5. The highest BCUT2D eigenvalue weighted by molar-refractivity contribution is 5.68. The Labute approximate surface area is 219 Å². The zero-order valence-corrected chi connectivity index (χ0v) is 23.3. The molecule has 0 aromatic carbocycles. The van der Waals surface area contributed by atoms with Gasteiger partial charge in [0.2, 0.25) is 0 Å². The molecule has 3 rings (SSSR count). The lowest BCUT2D eigenvalue weighted by Crippen LogP contribution is -2.63. The summed E-state index contributed by atoms with van der Waals surface area (Å²) in [5.41, 5.74) is -1.56. The van der Waals surface area contributed by atoms with Crippen LogP contribution in [0.1, 0.15) is 81.1 Å². The van der Waals surface area contributed by atoms with Crippen molar-refractivity contribution in [3.8, 4) is 0 Å². The largest absolute Gasteiger partial charge is 0.458 e. The first kappa shape index (κ1) is 29.1. The Bertz CT molecular complexity index is 942. The molecule has 2 bridgehead atoms. The fourth-order valence-electron chi connectivity index (χ4n) is 7.08. The van der Waals surface area contributed by atoms with E-state index in [0.29, 0.717) is 31.3 Å². The molecule has 0 radical (unpaired) electrons. The van der Waals surface area contributed by atoms with E-state index in [4.69, 9.17) is 23.7 Å². The van der Waals surface area contributed by atoms with E-state index >= 15 is 0 Å². The van der Waals surface area contributed by atoms with Gasteiger partial charge in [-0.05, 0) is 56.9 Å². The van der Waals surface area contributed by atoms with Crippen LogP contribution in [0.15, 0.2) is 12.2 Å². The molecule has 0 N–H and O–H groups in total. The van der Waals surface area contributed by atoms with Crippen LogP contribution in [0, 0.1) is 23.7 Å². The van der Waals surface area contributed by atoms with Crippen molar-refractivity contribution < 1.29 is 42.9 Å². The van der Waals surface area contributed by atoms with Crippen molar-refractivity contribution in [3.05, 3.63) is 12.2 Å². The summed E-state index contributed by atoms with van der Waals surface area (Å²) in [4.78, 5) is 48.7. The summed E-state index contributed by atoms with van der Waals surface area (Å²) in [6.45, 7) is 17.5. The summed E-state index contributed by atoms with van der Waals surface area (Å²) in [5, 5.41) is 0. The van der Waals surface area contributed by atoms with E-state index in [1.807, 2.05) is 6.92 Å². The van der Waals surface area contributed by atoms with Gasteiger partial charge >= 0.3 is 23.9 Å². The van der Waals surface area contributed by atoms with Crippen LogP contribution in [0.4, 0.5) is 0 Å². The average molecular weight is 523 g/mol. The Morgan fingerprint density at radius 1 is 0.946 bits per heavy atom. The number of hydrogen-bond acceptors (Lipinski definition) is 9. The Kier molecular flexibility index (Phi) is 8.47. The van der Waals surface area contributed by atoms with Crippen LogP contribution in [-0.4, -0.2) is 59.5 Å². The summed E-state index contributed by atoms with van der Waals surface area (Å²) in [7, 11) is 0. The van der Waals surface area contributed by atoms with E-state index in [0.717, 1.165) is 0 Å². The molecule has 9 heteroatoms. The maximum atomic E-state index is 12.4. The quantitative estimate of drug-likeness (QED) is 0.301. The fourth-order valence-corrected chi connectivity index (χ4v) is 7.08. The summed E-state index contributed by atoms with van der Waals surface area (Å²) >= 11 is 0. The monoisotopic (exact) mass is 522 g/mol. The summed E-state index contributed by atoms with van der Waals surface area (Å²) < 4.78 is 30.2. The Morgan fingerprint density at radius 2 is 1.54 bits per heavy atom. The molecule has 0 aromatic heterocycles. The fraction of sp³-hybridized carbons (Fsp3) is 0.786. The summed E-state index contributed by atoms with van der Waals surface area (Å²) in [6.07, 6.45) is -0.659. The smallest absolute Gasteiger partial charge is 0.303 e. The third-order valence-electron chi connectivity index (χ3n) is 8.40. The lowest BCUT2D eigenvalue weighted by molar-refractivity contribution is -0.216. The molecular weight excluding hydrogens is 480 g/mol. The van der Waals surface area contributed by atoms with Crippen LogP contribution in [0.25, 0.3) is 0 Å². The van der Waals surface area contributed by atoms with Gasteiger partial charge < -0.3 is 23.7 Å². The zero-order valence-electron chi connectivity index (χ0n) is 23.3. The second kappa shape index (κ2) is 10.8. The van der Waals surface area contributed by atoms with Crippen molar-refractivity contribution in [2.75, 3.05) is 0 Å². The van der Waals surface area contributed by atoms with Crippen molar-refractivity contribution in [1.29, 1.82) is 0 Å². The van der Waals surface area contributed by atoms with Gasteiger partial charge in [-0.2, -0.15) is 0 Å². The number of rotatable bonds is 5. The molecule has 1 aliphatic carbocycles. The molecule has 2 aliphatic heterocycles. The first-order valence-electron chi connectivity index (χ1n) is 13.2. The third kappa shape index (κ3) is 5.86. The van der Waals surface area contributed by atoms with Crippen molar-refractivity contribution in [1.82, 2.24) is 0 Å². The van der Waals surface area contributed by atoms with Gasteiger partial charge in [-0.1, -0.05) is 20.4 Å². The summed E-state index contributed by atoms with van der Waals surface area (Å²) in [5.74, 6) is -2.17. The molecule has 3 aliphatic rings. The van der Waals surface area contributed by atoms with Gasteiger partial charge in [0.1, 0.15) is 23.9 Å². The highest BCUT2D eigenvalue weighted by Crippen LogP contribution is 2.59. The summed E-state index contributed by atoms with van der Waals surface area (Å²) in [6, 6.07) is 0. The number of hydrogen-bond donors (Lipinski definition) is 0. The molecule has 208 valence electrons. The van der Waals surface area contributed by atoms with E-state index in [-0.39, 0.29) is 17.8 Å². The van der Waals surface area contributed by atoms with Crippen LogP contribution in [0.3, 0.4) is 0 Å². The number of carbonyl (C=O) groups excluding carboxylic acids is 4. The number of fused-ring (bicyclic) bond motifs is 5. The van der Waals surface area contributed by atoms with Crippen LogP contribution in [0.5, 0.6) is 0 Å². The van der Waals surface area contributed by atoms with Crippen LogP contribution >= 0.6 is 0 Å². The molecule has 2 heterocycles. The normalized spacial score (nSPS) is 39.5. The number of carbonyl (C=O) groups is 4. The van der Waals surface area contributed by atoms with Crippen molar-refractivity contribution >= 4 is 23.9 Å². The first-order valence-corrected chi connectivity index (χ1v) is 13.2. The lowest BCUT2D eigenvalue weighted by atomic mass is 9.56. The third-order valence-corrected chi connectivity index (χ3v) is 8.40. The molecule has 0 amide bonds. The second-order valence-corrected chi connectivity index (χ2v) is 11.6. The Hall–Kier alpha value is -2.42. The standard InChI is InChI=1S/C28H42O9/c1-14(2)20-13-23(34-17(5)30)28(9,37-19(7)32)25-22-12-15(3)21(33-16(4)29)10-11-27(8,36-18(6)31)26(35-22)24(20)25/h14,20-26H,3,10-13H2,1-2,4-9H3/t20-,21+,22+,23+,24?,25?,26+,27-,28-/m1/s1. The van der Waals surface area contributed by atoms with Gasteiger partial charge in [-0.15, -0.1) is 0 Å². The lowest BCUT2D eigenvalue weighted by Gasteiger charge is -2.53. The SMILES string of the molecule is C=C1C[C@@H]2O[C@@H](C3C2[C@](C)(OC(C)=O)[C@@H](OC(C)=O)C[C@@H]3C(C)C)[C@](C)(OC(C)=O)CC[C@@H]1OC(C)=O. The molecular formula is C28H42O9. The molecule has 2 unspecified atom stereocenters. The van der Waals surface area contributed by atoms with E-state index in [1.165, 1.54) is 27.7 Å². The predicted octanol–water partition coefficient (Wildman–Crippen LogP) is 3.91. The van der Waals surface area contributed by atoms with Crippen molar-refractivity contribution in [2.24, 2.45) is 23.7 Å². The van der Waals surface area contributed by atoms with Gasteiger partial charge in [-0.25, -0.2) is 0 Å². The van der Waals surface area contributed by atoms with Crippen molar-refractivity contribution in [2.45, 2.75) is 117 Å². The minimum absolute atomic E-state index is 0.0276. The van der Waals surface area contributed by atoms with E-state index in [2.05, 4.69) is 20.4 Å².